The fourth-order valence-corrected chi connectivity index (χ4v) is 4.27. The lowest BCUT2D eigenvalue weighted by Gasteiger charge is -2.62. The van der Waals surface area contributed by atoms with E-state index < -0.39 is 5.92 Å². The van der Waals surface area contributed by atoms with E-state index in [-0.39, 0.29) is 23.8 Å². The summed E-state index contributed by atoms with van der Waals surface area (Å²) in [5.74, 6) is 0.833. The predicted molar refractivity (Wildman–Crippen MR) is 81.4 cm³/mol. The Kier molecular flexibility index (Phi) is 4.36. The van der Waals surface area contributed by atoms with Gasteiger partial charge in [0.15, 0.2) is 0 Å². The first kappa shape index (κ1) is 16.3. The second-order valence-corrected chi connectivity index (χ2v) is 7.67. The number of amides is 1. The second kappa shape index (κ2) is 5.62. The Morgan fingerprint density at radius 3 is 2.29 bits per heavy atom. The van der Waals surface area contributed by atoms with Crippen molar-refractivity contribution in [3.05, 3.63) is 0 Å². The van der Waals surface area contributed by atoms with E-state index in [4.69, 9.17) is 4.74 Å². The van der Waals surface area contributed by atoms with Gasteiger partial charge in [-0.2, -0.15) is 0 Å². The molecular formula is C17H29NO3. The van der Waals surface area contributed by atoms with Crippen LogP contribution in [-0.4, -0.2) is 25.0 Å². The molecule has 3 fully saturated rings. The van der Waals surface area contributed by atoms with Crippen molar-refractivity contribution in [2.75, 3.05) is 7.11 Å². The van der Waals surface area contributed by atoms with Crippen molar-refractivity contribution in [1.82, 2.24) is 5.32 Å². The molecule has 0 heterocycles. The molecule has 0 saturated heterocycles. The summed E-state index contributed by atoms with van der Waals surface area (Å²) in [6.45, 7) is 10.5. The maximum absolute atomic E-state index is 12.4. The molecule has 0 radical (unpaired) electrons. The van der Waals surface area contributed by atoms with E-state index in [0.29, 0.717) is 17.3 Å². The summed E-state index contributed by atoms with van der Waals surface area (Å²) in [6, 6.07) is 0.251. The number of hydrogen-bond donors (Lipinski definition) is 1. The molecule has 3 aliphatic rings. The Morgan fingerprint density at radius 1 is 1.19 bits per heavy atom. The third kappa shape index (κ3) is 2.69. The summed E-state index contributed by atoms with van der Waals surface area (Å²) in [5.41, 5.74) is 0.422. The first-order valence-electron chi connectivity index (χ1n) is 8.08. The number of hydrogen-bond acceptors (Lipinski definition) is 3. The lowest BCUT2D eigenvalue weighted by atomic mass is 9.45. The van der Waals surface area contributed by atoms with Crippen molar-refractivity contribution >= 4 is 11.9 Å². The first-order valence-corrected chi connectivity index (χ1v) is 8.08. The topological polar surface area (TPSA) is 55.4 Å². The van der Waals surface area contributed by atoms with Crippen LogP contribution in [0.4, 0.5) is 0 Å². The molecule has 6 atom stereocenters. The van der Waals surface area contributed by atoms with Crippen molar-refractivity contribution in [2.24, 2.45) is 35.0 Å². The van der Waals surface area contributed by atoms with Gasteiger partial charge in [-0.25, -0.2) is 0 Å². The van der Waals surface area contributed by atoms with Gasteiger partial charge in [-0.1, -0.05) is 34.6 Å². The molecule has 4 unspecified atom stereocenters. The molecule has 4 heteroatoms. The van der Waals surface area contributed by atoms with Gasteiger partial charge in [0.1, 0.15) is 0 Å². The van der Waals surface area contributed by atoms with Crippen LogP contribution in [0.15, 0.2) is 0 Å². The normalized spacial score (nSPS) is 36.1. The van der Waals surface area contributed by atoms with Crippen LogP contribution in [0.25, 0.3) is 0 Å². The highest BCUT2D eigenvalue weighted by Crippen LogP contribution is 2.61. The SMILES string of the molecule is COC(=O)C(C)C(C)C(=O)N[C@@H]1CC2C[C@@H](C1C)C2(C)C. The minimum Gasteiger partial charge on any atom is -0.469 e. The van der Waals surface area contributed by atoms with Gasteiger partial charge < -0.3 is 10.1 Å². The number of esters is 1. The van der Waals surface area contributed by atoms with E-state index in [0.717, 1.165) is 12.3 Å². The predicted octanol–water partition coefficient (Wildman–Crippen LogP) is 2.62. The zero-order valence-corrected chi connectivity index (χ0v) is 14.1. The maximum atomic E-state index is 12.4. The van der Waals surface area contributed by atoms with Gasteiger partial charge in [-0.05, 0) is 36.0 Å². The third-order valence-corrected chi connectivity index (χ3v) is 6.42. The van der Waals surface area contributed by atoms with Crippen LogP contribution < -0.4 is 5.32 Å². The quantitative estimate of drug-likeness (QED) is 0.811. The smallest absolute Gasteiger partial charge is 0.309 e. The molecule has 3 aliphatic carbocycles. The molecule has 1 N–H and O–H groups in total. The second-order valence-electron chi connectivity index (χ2n) is 7.67. The number of nitrogens with one attached hydrogen (secondary N) is 1. The minimum atomic E-state index is -0.403. The Morgan fingerprint density at radius 2 is 1.81 bits per heavy atom. The lowest BCUT2D eigenvalue weighted by Crippen LogP contribution is -2.61. The molecule has 0 spiro atoms. The molecule has 0 aromatic rings. The molecule has 120 valence electrons. The highest BCUT2D eigenvalue weighted by Gasteiger charge is 2.56. The van der Waals surface area contributed by atoms with Crippen LogP contribution in [0.3, 0.4) is 0 Å². The maximum Gasteiger partial charge on any atom is 0.309 e. The van der Waals surface area contributed by atoms with Crippen LogP contribution in [0, 0.1) is 35.0 Å². The molecule has 0 aromatic heterocycles. The molecule has 1 amide bonds. The van der Waals surface area contributed by atoms with Crippen LogP contribution in [0.2, 0.25) is 0 Å². The zero-order chi connectivity index (χ0) is 15.9. The van der Waals surface area contributed by atoms with Crippen LogP contribution >= 0.6 is 0 Å². The average Bonchev–Trinajstić information content (AvgIpc) is 2.45. The molecule has 0 aliphatic heterocycles. The van der Waals surface area contributed by atoms with E-state index in [1.54, 1.807) is 13.8 Å². The van der Waals surface area contributed by atoms with Crippen molar-refractivity contribution in [1.29, 1.82) is 0 Å². The fraction of sp³-hybridized carbons (Fsp3) is 0.882. The Bertz CT molecular complexity index is 432. The number of ether oxygens (including phenoxy) is 1. The summed E-state index contributed by atoms with van der Waals surface area (Å²) in [7, 11) is 1.36. The van der Waals surface area contributed by atoms with Gasteiger partial charge in [0, 0.05) is 12.0 Å². The molecule has 21 heavy (non-hydrogen) atoms. The Balaban J connectivity index is 1.94. The van der Waals surface area contributed by atoms with E-state index in [9.17, 15) is 9.59 Å². The number of rotatable bonds is 4. The van der Waals surface area contributed by atoms with Gasteiger partial charge in [0.05, 0.1) is 13.0 Å². The van der Waals surface area contributed by atoms with Gasteiger partial charge in [0.25, 0.3) is 0 Å². The number of fused-ring (bicyclic) bond motifs is 2. The lowest BCUT2D eigenvalue weighted by molar-refractivity contribution is -0.150. The van der Waals surface area contributed by atoms with Gasteiger partial charge in [-0.3, -0.25) is 9.59 Å². The molecule has 3 rings (SSSR count). The highest BCUT2D eigenvalue weighted by atomic mass is 16.5. The van der Waals surface area contributed by atoms with Crippen LogP contribution in [0.5, 0.6) is 0 Å². The molecule has 2 bridgehead atoms. The first-order chi connectivity index (χ1) is 9.70. The zero-order valence-electron chi connectivity index (χ0n) is 14.1. The Hall–Kier alpha value is -1.06. The largest absolute Gasteiger partial charge is 0.469 e. The standard InChI is InChI=1S/C17H29NO3/c1-9(10(2)16(20)21-6)15(19)18-14-8-12-7-13(11(14)3)17(12,4)5/h9-14H,7-8H2,1-6H3,(H,18,19)/t9?,10?,11?,12?,13-,14+/m0/s1. The van der Waals surface area contributed by atoms with Gasteiger partial charge >= 0.3 is 5.97 Å². The van der Waals surface area contributed by atoms with E-state index in [2.05, 4.69) is 26.1 Å². The number of carbonyl (C=O) groups excluding carboxylic acids is 2. The van der Waals surface area contributed by atoms with Crippen LogP contribution in [-0.2, 0) is 14.3 Å². The van der Waals surface area contributed by atoms with Crippen molar-refractivity contribution < 1.29 is 14.3 Å². The van der Waals surface area contributed by atoms with Gasteiger partial charge in [-0.15, -0.1) is 0 Å². The Labute approximate surface area is 128 Å². The fourth-order valence-electron chi connectivity index (χ4n) is 4.27. The monoisotopic (exact) mass is 295 g/mol. The summed E-state index contributed by atoms with van der Waals surface area (Å²) in [6.07, 6.45) is 2.37. The number of carbonyl (C=O) groups is 2. The van der Waals surface area contributed by atoms with Crippen molar-refractivity contribution in [2.45, 2.75) is 53.5 Å². The summed E-state index contributed by atoms with van der Waals surface area (Å²) >= 11 is 0. The molecule has 4 nitrogen and oxygen atoms in total. The van der Waals surface area contributed by atoms with Crippen molar-refractivity contribution in [3.8, 4) is 0 Å². The summed E-state index contributed by atoms with van der Waals surface area (Å²) in [4.78, 5) is 23.9. The summed E-state index contributed by atoms with van der Waals surface area (Å²) < 4.78 is 4.73. The number of methoxy groups -OCH3 is 1. The molecular weight excluding hydrogens is 266 g/mol. The van der Waals surface area contributed by atoms with E-state index in [1.165, 1.54) is 13.5 Å². The highest BCUT2D eigenvalue weighted by molar-refractivity contribution is 5.85. The minimum absolute atomic E-state index is 0.0242. The van der Waals surface area contributed by atoms with E-state index in [1.807, 2.05) is 0 Å². The van der Waals surface area contributed by atoms with E-state index >= 15 is 0 Å². The van der Waals surface area contributed by atoms with Crippen LogP contribution in [0.1, 0.15) is 47.5 Å². The summed E-state index contributed by atoms with van der Waals surface area (Å²) in [5, 5.41) is 3.18. The van der Waals surface area contributed by atoms with Crippen molar-refractivity contribution in [3.63, 3.8) is 0 Å². The molecule has 0 aromatic carbocycles. The average molecular weight is 295 g/mol. The third-order valence-electron chi connectivity index (χ3n) is 6.42. The molecule has 3 saturated carbocycles. The van der Waals surface area contributed by atoms with Gasteiger partial charge in [0.2, 0.25) is 5.91 Å².